The molecule has 104 valence electrons. The summed E-state index contributed by atoms with van der Waals surface area (Å²) in [6.45, 7) is 3.36. The molecule has 0 aromatic heterocycles. The molecule has 1 N–H and O–H groups in total. The normalized spacial score (nSPS) is 16.1. The van der Waals surface area contributed by atoms with E-state index in [1.165, 1.54) is 32.1 Å². The van der Waals surface area contributed by atoms with Crippen molar-refractivity contribution in [3.05, 3.63) is 29.8 Å². The molecule has 0 aliphatic heterocycles. The van der Waals surface area contributed by atoms with E-state index in [1.807, 2.05) is 25.1 Å². The molecule has 0 spiro atoms. The van der Waals surface area contributed by atoms with Crippen LogP contribution in [0.15, 0.2) is 24.3 Å². The molecule has 0 bridgehead atoms. The predicted octanol–water partition coefficient (Wildman–Crippen LogP) is 3.40. The number of carbonyl (C=O) groups excluding carboxylic acids is 1. The quantitative estimate of drug-likeness (QED) is 0.882. The van der Waals surface area contributed by atoms with Crippen LogP contribution in [0.25, 0.3) is 0 Å². The minimum atomic E-state index is 0.00660. The summed E-state index contributed by atoms with van der Waals surface area (Å²) in [7, 11) is 0. The highest BCUT2D eigenvalue weighted by Crippen LogP contribution is 2.23. The number of benzene rings is 1. The molecule has 0 unspecified atom stereocenters. The number of carbonyl (C=O) groups is 1. The van der Waals surface area contributed by atoms with Crippen molar-refractivity contribution in [1.29, 1.82) is 0 Å². The Kier molecular flexibility index (Phi) is 5.25. The van der Waals surface area contributed by atoms with E-state index in [1.54, 1.807) is 6.07 Å². The topological polar surface area (TPSA) is 38.3 Å². The summed E-state index contributed by atoms with van der Waals surface area (Å²) in [5, 5.41) is 3.04. The fourth-order valence-electron chi connectivity index (χ4n) is 2.62. The summed E-state index contributed by atoms with van der Waals surface area (Å²) in [6.07, 6.45) is 6.46. The molecule has 1 amide bonds. The molecule has 1 aliphatic rings. The Morgan fingerprint density at radius 3 is 2.84 bits per heavy atom. The standard InChI is InChI=1S/C16H23NO2/c1-2-19-15-10-6-9-14(11-15)16(18)17-12-13-7-4-3-5-8-13/h6,9-11,13H,2-5,7-8,12H2,1H3,(H,17,18). The van der Waals surface area contributed by atoms with Gasteiger partial charge in [0.15, 0.2) is 0 Å². The van der Waals surface area contributed by atoms with Gasteiger partial charge in [0.25, 0.3) is 5.91 Å². The van der Waals surface area contributed by atoms with Crippen molar-refractivity contribution < 1.29 is 9.53 Å². The largest absolute Gasteiger partial charge is 0.494 e. The van der Waals surface area contributed by atoms with E-state index in [-0.39, 0.29) is 5.91 Å². The van der Waals surface area contributed by atoms with Crippen molar-refractivity contribution in [2.75, 3.05) is 13.2 Å². The minimum Gasteiger partial charge on any atom is -0.494 e. The number of hydrogen-bond acceptors (Lipinski definition) is 2. The van der Waals surface area contributed by atoms with Crippen molar-refractivity contribution in [3.8, 4) is 5.75 Å². The van der Waals surface area contributed by atoms with E-state index in [2.05, 4.69) is 5.32 Å². The lowest BCUT2D eigenvalue weighted by Crippen LogP contribution is -2.30. The molecule has 1 aromatic rings. The molecule has 3 heteroatoms. The number of ether oxygens (including phenoxy) is 1. The predicted molar refractivity (Wildman–Crippen MR) is 76.5 cm³/mol. The first-order chi connectivity index (χ1) is 9.29. The fraction of sp³-hybridized carbons (Fsp3) is 0.562. The lowest BCUT2D eigenvalue weighted by molar-refractivity contribution is 0.0943. The van der Waals surface area contributed by atoms with Crippen LogP contribution in [0.1, 0.15) is 49.4 Å². The van der Waals surface area contributed by atoms with Crippen LogP contribution < -0.4 is 10.1 Å². The van der Waals surface area contributed by atoms with Crippen molar-refractivity contribution in [2.45, 2.75) is 39.0 Å². The monoisotopic (exact) mass is 261 g/mol. The second-order valence-electron chi connectivity index (χ2n) is 5.17. The highest BCUT2D eigenvalue weighted by Gasteiger charge is 2.15. The lowest BCUT2D eigenvalue weighted by atomic mass is 9.89. The van der Waals surface area contributed by atoms with Gasteiger partial charge in [-0.2, -0.15) is 0 Å². The first-order valence-corrected chi connectivity index (χ1v) is 7.30. The van der Waals surface area contributed by atoms with Crippen LogP contribution in [-0.2, 0) is 0 Å². The van der Waals surface area contributed by atoms with Gasteiger partial charge in [-0.15, -0.1) is 0 Å². The summed E-state index contributed by atoms with van der Waals surface area (Å²) in [6, 6.07) is 7.38. The number of hydrogen-bond donors (Lipinski definition) is 1. The smallest absolute Gasteiger partial charge is 0.251 e. The number of rotatable bonds is 5. The van der Waals surface area contributed by atoms with Gasteiger partial charge in [0.1, 0.15) is 5.75 Å². The van der Waals surface area contributed by atoms with E-state index >= 15 is 0 Å². The van der Waals surface area contributed by atoms with Gasteiger partial charge in [0.2, 0.25) is 0 Å². The Labute approximate surface area is 115 Å². The molecule has 3 nitrogen and oxygen atoms in total. The zero-order valence-electron chi connectivity index (χ0n) is 11.7. The molecular formula is C16H23NO2. The second-order valence-corrected chi connectivity index (χ2v) is 5.17. The summed E-state index contributed by atoms with van der Waals surface area (Å²) in [5.74, 6) is 1.42. The van der Waals surface area contributed by atoms with Crippen LogP contribution in [0.5, 0.6) is 5.75 Å². The molecule has 1 aromatic carbocycles. The van der Waals surface area contributed by atoms with Crippen molar-refractivity contribution in [1.82, 2.24) is 5.32 Å². The molecular weight excluding hydrogens is 238 g/mol. The Morgan fingerprint density at radius 1 is 1.32 bits per heavy atom. The number of nitrogens with one attached hydrogen (secondary N) is 1. The maximum atomic E-state index is 12.1. The van der Waals surface area contributed by atoms with Gasteiger partial charge in [-0.3, -0.25) is 4.79 Å². The van der Waals surface area contributed by atoms with Gasteiger partial charge >= 0.3 is 0 Å². The van der Waals surface area contributed by atoms with Crippen LogP contribution in [0.4, 0.5) is 0 Å². The maximum Gasteiger partial charge on any atom is 0.251 e. The fourth-order valence-corrected chi connectivity index (χ4v) is 2.62. The molecule has 19 heavy (non-hydrogen) atoms. The molecule has 1 saturated carbocycles. The first-order valence-electron chi connectivity index (χ1n) is 7.30. The van der Waals surface area contributed by atoms with Gasteiger partial charge in [-0.25, -0.2) is 0 Å². The Bertz CT molecular complexity index is 411. The average molecular weight is 261 g/mol. The van der Waals surface area contributed by atoms with E-state index in [9.17, 15) is 4.79 Å². The zero-order chi connectivity index (χ0) is 13.5. The molecule has 1 aliphatic carbocycles. The van der Waals surface area contributed by atoms with Crippen molar-refractivity contribution >= 4 is 5.91 Å². The third-order valence-electron chi connectivity index (χ3n) is 3.68. The van der Waals surface area contributed by atoms with Gasteiger partial charge in [-0.1, -0.05) is 25.3 Å². The molecule has 0 heterocycles. The van der Waals surface area contributed by atoms with Crippen LogP contribution in [0.3, 0.4) is 0 Å². The van der Waals surface area contributed by atoms with Crippen LogP contribution >= 0.6 is 0 Å². The van der Waals surface area contributed by atoms with Crippen LogP contribution in [-0.4, -0.2) is 19.1 Å². The lowest BCUT2D eigenvalue weighted by Gasteiger charge is -2.21. The Balaban J connectivity index is 1.86. The van der Waals surface area contributed by atoms with Gasteiger partial charge in [-0.05, 0) is 43.9 Å². The van der Waals surface area contributed by atoms with Crippen molar-refractivity contribution in [3.63, 3.8) is 0 Å². The molecule has 1 fully saturated rings. The van der Waals surface area contributed by atoms with Gasteiger partial charge in [0.05, 0.1) is 6.61 Å². The Hall–Kier alpha value is -1.51. The minimum absolute atomic E-state index is 0.00660. The summed E-state index contributed by atoms with van der Waals surface area (Å²) in [5.41, 5.74) is 0.682. The molecule has 0 saturated heterocycles. The van der Waals surface area contributed by atoms with Crippen molar-refractivity contribution in [2.24, 2.45) is 5.92 Å². The highest BCUT2D eigenvalue weighted by molar-refractivity contribution is 5.94. The Morgan fingerprint density at radius 2 is 2.11 bits per heavy atom. The summed E-state index contributed by atoms with van der Waals surface area (Å²) < 4.78 is 5.41. The van der Waals surface area contributed by atoms with Crippen LogP contribution in [0.2, 0.25) is 0 Å². The number of amides is 1. The van der Waals surface area contributed by atoms with E-state index < -0.39 is 0 Å². The van der Waals surface area contributed by atoms with Gasteiger partial charge in [0, 0.05) is 12.1 Å². The molecule has 2 rings (SSSR count). The van der Waals surface area contributed by atoms with Gasteiger partial charge < -0.3 is 10.1 Å². The molecule has 0 atom stereocenters. The van der Waals surface area contributed by atoms with E-state index in [0.29, 0.717) is 18.1 Å². The maximum absolute atomic E-state index is 12.1. The highest BCUT2D eigenvalue weighted by atomic mass is 16.5. The van der Waals surface area contributed by atoms with Crippen LogP contribution in [0, 0.1) is 5.92 Å². The molecule has 0 radical (unpaired) electrons. The summed E-state index contributed by atoms with van der Waals surface area (Å²) >= 11 is 0. The van der Waals surface area contributed by atoms with E-state index in [4.69, 9.17) is 4.74 Å². The SMILES string of the molecule is CCOc1cccc(C(=O)NCC2CCCCC2)c1. The zero-order valence-corrected chi connectivity index (χ0v) is 11.7. The van der Waals surface area contributed by atoms with E-state index in [0.717, 1.165) is 12.3 Å². The summed E-state index contributed by atoms with van der Waals surface area (Å²) in [4.78, 5) is 12.1. The second kappa shape index (κ2) is 7.17. The third kappa shape index (κ3) is 4.27. The first kappa shape index (κ1) is 13.9. The average Bonchev–Trinajstić information content (AvgIpc) is 2.46. The third-order valence-corrected chi connectivity index (χ3v) is 3.68.